The lowest BCUT2D eigenvalue weighted by molar-refractivity contribution is -0.151. The zero-order valence-corrected chi connectivity index (χ0v) is 19.8. The highest BCUT2D eigenvalue weighted by Crippen LogP contribution is 2.32. The standard InChI is InChI=1S/C24H28F2N2O6/c1-12(2)20(17-8-7-16(25)11-18(17)26)14(4)33-24(31)13(3)28-23(30)21-22(34-15(5)29)19(32-6)9-10-27-21/h7-14,20H,1-6H3,(H,28,30)/t13-,14-,20-/m0/s1. The molecule has 1 N–H and O–H groups in total. The third-order valence-electron chi connectivity index (χ3n) is 5.10. The maximum absolute atomic E-state index is 14.4. The van der Waals surface area contributed by atoms with Crippen molar-refractivity contribution in [2.75, 3.05) is 7.11 Å². The van der Waals surface area contributed by atoms with Gasteiger partial charge in [-0.3, -0.25) is 9.59 Å². The molecule has 0 radical (unpaired) electrons. The molecule has 0 aliphatic rings. The predicted molar refractivity (Wildman–Crippen MR) is 119 cm³/mol. The highest BCUT2D eigenvalue weighted by molar-refractivity contribution is 5.98. The van der Waals surface area contributed by atoms with Crippen LogP contribution in [0.5, 0.6) is 11.5 Å². The van der Waals surface area contributed by atoms with E-state index in [0.717, 1.165) is 19.1 Å². The van der Waals surface area contributed by atoms with Crippen molar-refractivity contribution in [3.63, 3.8) is 0 Å². The van der Waals surface area contributed by atoms with Crippen molar-refractivity contribution in [1.29, 1.82) is 0 Å². The van der Waals surface area contributed by atoms with E-state index >= 15 is 0 Å². The van der Waals surface area contributed by atoms with E-state index in [4.69, 9.17) is 14.2 Å². The van der Waals surface area contributed by atoms with Gasteiger partial charge in [0.15, 0.2) is 11.4 Å². The fourth-order valence-electron chi connectivity index (χ4n) is 3.60. The van der Waals surface area contributed by atoms with E-state index < -0.39 is 47.5 Å². The number of nitrogens with zero attached hydrogens (tertiary/aromatic N) is 1. The van der Waals surface area contributed by atoms with Crippen molar-refractivity contribution in [1.82, 2.24) is 10.3 Å². The highest BCUT2D eigenvalue weighted by atomic mass is 19.1. The minimum Gasteiger partial charge on any atom is -0.493 e. The molecular weight excluding hydrogens is 450 g/mol. The van der Waals surface area contributed by atoms with Crippen LogP contribution in [0, 0.1) is 17.6 Å². The topological polar surface area (TPSA) is 104 Å². The Morgan fingerprint density at radius 1 is 1.06 bits per heavy atom. The number of nitrogens with one attached hydrogen (secondary N) is 1. The van der Waals surface area contributed by atoms with Crippen LogP contribution in [0.15, 0.2) is 30.5 Å². The van der Waals surface area contributed by atoms with E-state index in [0.29, 0.717) is 0 Å². The fourth-order valence-corrected chi connectivity index (χ4v) is 3.60. The lowest BCUT2D eigenvalue weighted by Gasteiger charge is -2.29. The molecule has 2 aromatic rings. The van der Waals surface area contributed by atoms with Gasteiger partial charge in [0.1, 0.15) is 23.8 Å². The largest absolute Gasteiger partial charge is 0.493 e. The first kappa shape index (κ1) is 26.7. The van der Waals surface area contributed by atoms with Crippen LogP contribution in [0.4, 0.5) is 8.78 Å². The third kappa shape index (κ3) is 6.49. The van der Waals surface area contributed by atoms with Crippen LogP contribution in [-0.4, -0.2) is 42.1 Å². The smallest absolute Gasteiger partial charge is 0.328 e. The second kappa shape index (κ2) is 11.5. The van der Waals surface area contributed by atoms with Gasteiger partial charge in [-0.15, -0.1) is 0 Å². The van der Waals surface area contributed by atoms with Crippen molar-refractivity contribution in [2.24, 2.45) is 5.92 Å². The van der Waals surface area contributed by atoms with Gasteiger partial charge in [0.25, 0.3) is 5.91 Å². The van der Waals surface area contributed by atoms with Gasteiger partial charge in [-0.25, -0.2) is 18.6 Å². The van der Waals surface area contributed by atoms with E-state index in [9.17, 15) is 23.2 Å². The van der Waals surface area contributed by atoms with Crippen LogP contribution in [0.3, 0.4) is 0 Å². The number of pyridine rings is 1. The van der Waals surface area contributed by atoms with Gasteiger partial charge in [0.2, 0.25) is 5.75 Å². The zero-order chi connectivity index (χ0) is 25.6. The van der Waals surface area contributed by atoms with Crippen molar-refractivity contribution in [3.05, 3.63) is 53.4 Å². The molecule has 0 unspecified atom stereocenters. The maximum Gasteiger partial charge on any atom is 0.328 e. The normalized spacial score (nSPS) is 13.6. The van der Waals surface area contributed by atoms with Crippen LogP contribution in [-0.2, 0) is 14.3 Å². The van der Waals surface area contributed by atoms with E-state index in [1.165, 1.54) is 32.4 Å². The Kier molecular flexibility index (Phi) is 9.05. The summed E-state index contributed by atoms with van der Waals surface area (Å²) in [7, 11) is 1.33. The molecule has 34 heavy (non-hydrogen) atoms. The summed E-state index contributed by atoms with van der Waals surface area (Å²) in [6.45, 7) is 7.82. The first-order valence-electron chi connectivity index (χ1n) is 10.6. The average Bonchev–Trinajstić information content (AvgIpc) is 2.74. The lowest BCUT2D eigenvalue weighted by atomic mass is 9.84. The van der Waals surface area contributed by atoms with Gasteiger partial charge in [0.05, 0.1) is 7.11 Å². The van der Waals surface area contributed by atoms with Crippen molar-refractivity contribution < 1.29 is 37.4 Å². The maximum atomic E-state index is 14.4. The molecule has 0 saturated carbocycles. The second-order valence-electron chi connectivity index (χ2n) is 8.06. The Hall–Kier alpha value is -3.56. The summed E-state index contributed by atoms with van der Waals surface area (Å²) in [5.41, 5.74) is -0.0318. The number of rotatable bonds is 9. The molecule has 0 aliphatic carbocycles. The van der Waals surface area contributed by atoms with E-state index in [2.05, 4.69) is 10.3 Å². The summed E-state index contributed by atoms with van der Waals surface area (Å²) in [5, 5.41) is 2.45. The zero-order valence-electron chi connectivity index (χ0n) is 19.8. The minimum absolute atomic E-state index is 0.111. The number of esters is 2. The first-order valence-corrected chi connectivity index (χ1v) is 10.6. The molecule has 8 nitrogen and oxygen atoms in total. The molecule has 10 heteroatoms. The number of ether oxygens (including phenoxy) is 3. The Balaban J connectivity index is 2.16. The molecule has 2 rings (SSSR count). The van der Waals surface area contributed by atoms with Gasteiger partial charge in [-0.2, -0.15) is 0 Å². The van der Waals surface area contributed by atoms with Gasteiger partial charge < -0.3 is 19.5 Å². The second-order valence-corrected chi connectivity index (χ2v) is 8.06. The first-order chi connectivity index (χ1) is 16.0. The van der Waals surface area contributed by atoms with Crippen LogP contribution >= 0.6 is 0 Å². The quantitative estimate of drug-likeness (QED) is 0.547. The van der Waals surface area contributed by atoms with Gasteiger partial charge >= 0.3 is 11.9 Å². The van der Waals surface area contributed by atoms with E-state index in [-0.39, 0.29) is 28.7 Å². The molecule has 1 aromatic heterocycles. The number of carbonyl (C=O) groups excluding carboxylic acids is 3. The molecule has 1 amide bonds. The molecule has 0 aliphatic heterocycles. The number of methoxy groups -OCH3 is 1. The monoisotopic (exact) mass is 478 g/mol. The summed E-state index contributed by atoms with van der Waals surface area (Å²) >= 11 is 0. The molecule has 184 valence electrons. The molecule has 0 saturated heterocycles. The summed E-state index contributed by atoms with van der Waals surface area (Å²) in [6.07, 6.45) is 0.509. The number of hydrogen-bond donors (Lipinski definition) is 1. The molecule has 3 atom stereocenters. The minimum atomic E-state index is -1.11. The average molecular weight is 478 g/mol. The predicted octanol–water partition coefficient (Wildman–Crippen LogP) is 3.78. The summed E-state index contributed by atoms with van der Waals surface area (Å²) in [4.78, 5) is 40.8. The number of aromatic nitrogens is 1. The van der Waals surface area contributed by atoms with Crippen LogP contribution < -0.4 is 14.8 Å². The molecular formula is C24H28F2N2O6. The Labute approximate surface area is 196 Å². The Bertz CT molecular complexity index is 1060. The van der Waals surface area contributed by atoms with Crippen LogP contribution in [0.1, 0.15) is 56.6 Å². The lowest BCUT2D eigenvalue weighted by Crippen LogP contribution is -2.42. The van der Waals surface area contributed by atoms with Gasteiger partial charge in [-0.05, 0) is 31.4 Å². The van der Waals surface area contributed by atoms with Crippen molar-refractivity contribution >= 4 is 17.8 Å². The van der Waals surface area contributed by atoms with Crippen molar-refractivity contribution in [3.8, 4) is 11.5 Å². The number of benzene rings is 1. The van der Waals surface area contributed by atoms with Gasteiger partial charge in [0, 0.05) is 31.2 Å². The summed E-state index contributed by atoms with van der Waals surface area (Å²) < 4.78 is 43.4. The molecule has 0 spiro atoms. The molecule has 1 heterocycles. The summed E-state index contributed by atoms with van der Waals surface area (Å²) in [5.74, 6) is -4.45. The highest BCUT2D eigenvalue weighted by Gasteiger charge is 2.31. The molecule has 0 bridgehead atoms. The Morgan fingerprint density at radius 3 is 2.29 bits per heavy atom. The number of hydrogen-bond acceptors (Lipinski definition) is 7. The fraction of sp³-hybridized carbons (Fsp3) is 0.417. The third-order valence-corrected chi connectivity index (χ3v) is 5.10. The van der Waals surface area contributed by atoms with E-state index in [1.54, 1.807) is 6.92 Å². The molecule has 1 aromatic carbocycles. The molecule has 0 fully saturated rings. The van der Waals surface area contributed by atoms with Crippen LogP contribution in [0.2, 0.25) is 0 Å². The van der Waals surface area contributed by atoms with Crippen molar-refractivity contribution in [2.45, 2.75) is 52.7 Å². The van der Waals surface area contributed by atoms with Gasteiger partial charge in [-0.1, -0.05) is 19.9 Å². The Morgan fingerprint density at radius 2 is 1.74 bits per heavy atom. The number of amides is 1. The SMILES string of the molecule is COc1ccnc(C(=O)N[C@@H](C)C(=O)O[C@@H](C)[C@@H](c2ccc(F)cc2F)C(C)C)c1OC(C)=O. The van der Waals surface area contributed by atoms with Crippen LogP contribution in [0.25, 0.3) is 0 Å². The number of carbonyl (C=O) groups is 3. The summed E-state index contributed by atoms with van der Waals surface area (Å²) in [6, 6.07) is 3.56. The number of halogens is 2. The van der Waals surface area contributed by atoms with E-state index in [1.807, 2.05) is 13.8 Å².